The van der Waals surface area contributed by atoms with Crippen molar-refractivity contribution in [3.05, 3.63) is 36.2 Å². The first kappa shape index (κ1) is 10.8. The molecule has 2 atom stereocenters. The molecule has 0 saturated carbocycles. The molecule has 0 spiro atoms. The van der Waals surface area contributed by atoms with Crippen molar-refractivity contribution in [2.24, 2.45) is 9.98 Å². The molecule has 3 nitrogen and oxygen atoms in total. The van der Waals surface area contributed by atoms with Gasteiger partial charge in [0.25, 0.3) is 0 Å². The number of hydrogen-bond acceptors (Lipinski definition) is 3. The van der Waals surface area contributed by atoms with E-state index in [0.29, 0.717) is 5.17 Å². The van der Waals surface area contributed by atoms with E-state index in [1.165, 1.54) is 5.70 Å². The average molecular weight is 248 g/mol. The molecular formula is C13H14ClN3. The third kappa shape index (κ3) is 1.75. The Balaban J connectivity index is 1.92. The summed E-state index contributed by atoms with van der Waals surface area (Å²) in [4.78, 5) is 11.1. The van der Waals surface area contributed by atoms with E-state index in [-0.39, 0.29) is 11.7 Å². The van der Waals surface area contributed by atoms with Gasteiger partial charge in [0.1, 0.15) is 10.7 Å². The van der Waals surface area contributed by atoms with Gasteiger partial charge in [-0.1, -0.05) is 23.8 Å². The van der Waals surface area contributed by atoms with Crippen molar-refractivity contribution >= 4 is 23.0 Å². The standard InChI is InChI=1S/C13H14ClN3/c1-13-7-8-17(10-5-3-2-4-6-10)12(13)15-9-11(14)16-13/h3,5-9,12H,2,4H2,1H3. The van der Waals surface area contributed by atoms with E-state index in [0.717, 1.165) is 12.8 Å². The van der Waals surface area contributed by atoms with Crippen LogP contribution in [0.1, 0.15) is 19.8 Å². The first-order valence-electron chi connectivity index (χ1n) is 5.82. The number of hydrogen-bond donors (Lipinski definition) is 0. The lowest BCUT2D eigenvalue weighted by atomic mass is 10.0. The van der Waals surface area contributed by atoms with Crippen LogP contribution in [-0.4, -0.2) is 28.0 Å². The highest BCUT2D eigenvalue weighted by molar-refractivity contribution is 6.80. The van der Waals surface area contributed by atoms with Crippen LogP contribution < -0.4 is 0 Å². The fraction of sp³-hybridized carbons (Fsp3) is 0.385. The summed E-state index contributed by atoms with van der Waals surface area (Å²) in [6.07, 6.45) is 14.6. The zero-order chi connectivity index (χ0) is 11.9. The minimum absolute atomic E-state index is 0.000926. The van der Waals surface area contributed by atoms with E-state index in [2.05, 4.69) is 52.3 Å². The minimum Gasteiger partial charge on any atom is -0.324 e. The fourth-order valence-corrected chi connectivity index (χ4v) is 2.65. The Morgan fingerprint density at radius 3 is 3.12 bits per heavy atom. The molecule has 0 amide bonds. The topological polar surface area (TPSA) is 28.0 Å². The molecule has 3 aliphatic rings. The Labute approximate surface area is 106 Å². The lowest BCUT2D eigenvalue weighted by Gasteiger charge is -2.33. The summed E-state index contributed by atoms with van der Waals surface area (Å²) in [5.41, 5.74) is 0.865. The molecule has 1 aliphatic carbocycles. The van der Waals surface area contributed by atoms with E-state index in [1.54, 1.807) is 6.21 Å². The maximum absolute atomic E-state index is 5.93. The smallest absolute Gasteiger partial charge is 0.153 e. The van der Waals surface area contributed by atoms with E-state index >= 15 is 0 Å². The maximum Gasteiger partial charge on any atom is 0.153 e. The predicted octanol–water partition coefficient (Wildman–Crippen LogP) is 2.86. The predicted molar refractivity (Wildman–Crippen MR) is 71.4 cm³/mol. The molecule has 2 heterocycles. The van der Waals surface area contributed by atoms with E-state index in [4.69, 9.17) is 11.6 Å². The molecule has 0 aromatic carbocycles. The van der Waals surface area contributed by atoms with Gasteiger partial charge in [0.2, 0.25) is 0 Å². The zero-order valence-corrected chi connectivity index (χ0v) is 10.4. The van der Waals surface area contributed by atoms with Crippen molar-refractivity contribution in [1.29, 1.82) is 0 Å². The first-order valence-corrected chi connectivity index (χ1v) is 6.20. The van der Waals surface area contributed by atoms with Gasteiger partial charge in [-0.25, -0.2) is 0 Å². The lowest BCUT2D eigenvalue weighted by Crippen LogP contribution is -2.42. The van der Waals surface area contributed by atoms with Gasteiger partial charge < -0.3 is 4.90 Å². The van der Waals surface area contributed by atoms with Crippen molar-refractivity contribution in [1.82, 2.24) is 4.90 Å². The van der Waals surface area contributed by atoms with Crippen molar-refractivity contribution < 1.29 is 0 Å². The molecular weight excluding hydrogens is 234 g/mol. The molecule has 0 saturated heterocycles. The van der Waals surface area contributed by atoms with Gasteiger partial charge in [0.05, 0.1) is 6.21 Å². The quantitative estimate of drug-likeness (QED) is 0.700. The summed E-state index contributed by atoms with van der Waals surface area (Å²) in [5.74, 6) is 0. The molecule has 0 radical (unpaired) electrons. The Kier molecular flexibility index (Phi) is 2.44. The summed E-state index contributed by atoms with van der Waals surface area (Å²) < 4.78 is 0. The molecule has 17 heavy (non-hydrogen) atoms. The SMILES string of the molecule is CC12C=CN(C3=CCCC=C3)C1N=CC(Cl)=N2. The number of rotatable bonds is 1. The summed E-state index contributed by atoms with van der Waals surface area (Å²) in [6.45, 7) is 2.06. The first-order chi connectivity index (χ1) is 8.19. The molecule has 0 bridgehead atoms. The number of fused-ring (bicyclic) bond motifs is 1. The molecule has 0 aromatic heterocycles. The second-order valence-electron chi connectivity index (χ2n) is 4.64. The summed E-state index contributed by atoms with van der Waals surface area (Å²) in [6, 6.07) is 0. The van der Waals surface area contributed by atoms with Crippen LogP contribution in [0.3, 0.4) is 0 Å². The Morgan fingerprint density at radius 2 is 2.35 bits per heavy atom. The van der Waals surface area contributed by atoms with Crippen LogP contribution in [0.25, 0.3) is 0 Å². The van der Waals surface area contributed by atoms with E-state index in [1.807, 2.05) is 0 Å². The van der Waals surface area contributed by atoms with E-state index < -0.39 is 0 Å². The average Bonchev–Trinajstić information content (AvgIpc) is 2.66. The largest absolute Gasteiger partial charge is 0.324 e. The molecule has 0 aromatic rings. The summed E-state index contributed by atoms with van der Waals surface area (Å²) in [5, 5.41) is 0.475. The van der Waals surface area contributed by atoms with Gasteiger partial charge in [-0.3, -0.25) is 9.98 Å². The normalized spacial score (nSPS) is 34.7. The highest BCUT2D eigenvalue weighted by atomic mass is 35.5. The lowest BCUT2D eigenvalue weighted by molar-refractivity contribution is 0.302. The van der Waals surface area contributed by atoms with Crippen molar-refractivity contribution in [3.63, 3.8) is 0 Å². The highest BCUT2D eigenvalue weighted by Gasteiger charge is 2.42. The fourth-order valence-electron chi connectivity index (χ4n) is 2.41. The highest BCUT2D eigenvalue weighted by Crippen LogP contribution is 2.35. The molecule has 3 rings (SSSR count). The van der Waals surface area contributed by atoms with Gasteiger partial charge in [-0.05, 0) is 31.9 Å². The van der Waals surface area contributed by atoms with Crippen LogP contribution in [0.2, 0.25) is 0 Å². The molecule has 88 valence electrons. The van der Waals surface area contributed by atoms with Crippen molar-refractivity contribution in [2.75, 3.05) is 0 Å². The van der Waals surface area contributed by atoms with Crippen LogP contribution in [0.5, 0.6) is 0 Å². The van der Waals surface area contributed by atoms with Crippen LogP contribution in [0.15, 0.2) is 46.2 Å². The summed E-state index contributed by atoms with van der Waals surface area (Å²) >= 11 is 5.93. The van der Waals surface area contributed by atoms with Gasteiger partial charge in [0.15, 0.2) is 6.17 Å². The second-order valence-corrected chi connectivity index (χ2v) is 5.03. The molecule has 0 N–H and O–H groups in total. The van der Waals surface area contributed by atoms with Crippen LogP contribution in [0.4, 0.5) is 0 Å². The van der Waals surface area contributed by atoms with Gasteiger partial charge in [0, 0.05) is 11.9 Å². The minimum atomic E-state index is -0.335. The Morgan fingerprint density at radius 1 is 1.47 bits per heavy atom. The van der Waals surface area contributed by atoms with Crippen molar-refractivity contribution in [3.8, 4) is 0 Å². The zero-order valence-electron chi connectivity index (χ0n) is 9.68. The maximum atomic E-state index is 5.93. The Hall–Kier alpha value is -1.35. The summed E-state index contributed by atoms with van der Waals surface area (Å²) in [7, 11) is 0. The number of halogens is 1. The van der Waals surface area contributed by atoms with E-state index in [9.17, 15) is 0 Å². The van der Waals surface area contributed by atoms with Crippen LogP contribution in [-0.2, 0) is 0 Å². The number of aliphatic imine (C=N–C) groups is 2. The number of allylic oxidation sites excluding steroid dienone is 3. The van der Waals surface area contributed by atoms with Crippen LogP contribution >= 0.6 is 11.6 Å². The Bertz CT molecular complexity index is 487. The van der Waals surface area contributed by atoms with Gasteiger partial charge >= 0.3 is 0 Å². The molecule has 0 fully saturated rings. The molecule has 4 heteroatoms. The monoisotopic (exact) mass is 247 g/mol. The van der Waals surface area contributed by atoms with Crippen molar-refractivity contribution in [2.45, 2.75) is 31.5 Å². The third-order valence-corrected chi connectivity index (χ3v) is 3.48. The molecule has 2 aliphatic heterocycles. The van der Waals surface area contributed by atoms with Crippen LogP contribution in [0, 0.1) is 0 Å². The second kappa shape index (κ2) is 3.84. The third-order valence-electron chi connectivity index (χ3n) is 3.30. The van der Waals surface area contributed by atoms with Gasteiger partial charge in [-0.2, -0.15) is 0 Å². The number of nitrogens with zero attached hydrogens (tertiary/aromatic N) is 3. The van der Waals surface area contributed by atoms with Gasteiger partial charge in [-0.15, -0.1) is 0 Å². The molecule has 2 unspecified atom stereocenters.